The predicted octanol–water partition coefficient (Wildman–Crippen LogP) is 3.75. The number of aliphatic hydroxyl groups is 1. The maximum Gasteiger partial charge on any atom is 0.321 e. The molecule has 13 nitrogen and oxygen atoms in total. The highest BCUT2D eigenvalue weighted by Crippen LogP contribution is 2.34. The summed E-state index contributed by atoms with van der Waals surface area (Å²) in [6.07, 6.45) is 2.66. The Morgan fingerprint density at radius 2 is 1.80 bits per heavy atom. The van der Waals surface area contributed by atoms with E-state index < -0.39 is 28.1 Å². The Bertz CT molecular complexity index is 1450. The molecule has 2 aromatic rings. The van der Waals surface area contributed by atoms with Crippen LogP contribution in [0.2, 0.25) is 0 Å². The van der Waals surface area contributed by atoms with Crippen molar-refractivity contribution in [2.75, 3.05) is 56.4 Å². The number of hydrogen-bond donors (Lipinski definition) is 3. The highest BCUT2D eigenvalue weighted by molar-refractivity contribution is 7.92. The van der Waals surface area contributed by atoms with Crippen LogP contribution in [0.25, 0.3) is 0 Å². The molecule has 3 N–H and O–H groups in total. The van der Waals surface area contributed by atoms with Gasteiger partial charge in [0.25, 0.3) is 5.91 Å². The van der Waals surface area contributed by atoms with Gasteiger partial charge in [0.1, 0.15) is 5.75 Å². The average molecular weight is 649 g/mol. The van der Waals surface area contributed by atoms with Gasteiger partial charge in [0, 0.05) is 50.1 Å². The van der Waals surface area contributed by atoms with Gasteiger partial charge in [-0.25, -0.2) is 13.2 Å². The molecule has 0 fully saturated rings. The van der Waals surface area contributed by atoms with Crippen molar-refractivity contribution in [3.63, 3.8) is 0 Å². The summed E-state index contributed by atoms with van der Waals surface area (Å²) in [4.78, 5) is 30.3. The number of carbonyl (C=O) groups excluding carboxylic acids is 2. The largest absolute Gasteiger partial charge is 0.490 e. The topological polar surface area (TPSA) is 156 Å². The first-order chi connectivity index (χ1) is 21.3. The first kappa shape index (κ1) is 34.1. The van der Waals surface area contributed by atoms with E-state index in [9.17, 15) is 23.1 Å². The molecule has 2 aliphatic rings. The average Bonchev–Trinajstić information content (AvgIpc) is 3.45. The number of amides is 3. The number of aliphatic hydroxyl groups excluding tert-OH is 1. The number of carbonyl (C=O) groups is 2. The quantitative estimate of drug-likeness (QED) is 0.407. The van der Waals surface area contributed by atoms with Gasteiger partial charge in [0.05, 0.1) is 36.7 Å². The van der Waals surface area contributed by atoms with Crippen molar-refractivity contribution >= 4 is 33.3 Å². The zero-order valence-electron chi connectivity index (χ0n) is 26.4. The van der Waals surface area contributed by atoms with E-state index in [0.29, 0.717) is 36.0 Å². The summed E-state index contributed by atoms with van der Waals surface area (Å²) < 4.78 is 49.5. The Morgan fingerprint density at radius 1 is 1.09 bits per heavy atom. The van der Waals surface area contributed by atoms with Crippen LogP contribution in [0.5, 0.6) is 17.2 Å². The number of benzene rings is 2. The number of likely N-dealkylation sites (N-methyl/N-ethyl adjacent to an activating group) is 1. The number of nitrogens with one attached hydrogen (secondary N) is 2. The van der Waals surface area contributed by atoms with Gasteiger partial charge in [-0.3, -0.25) is 9.52 Å². The fraction of sp³-hybridized carbons (Fsp3) is 0.548. The smallest absolute Gasteiger partial charge is 0.321 e. The summed E-state index contributed by atoms with van der Waals surface area (Å²) >= 11 is 0. The van der Waals surface area contributed by atoms with E-state index >= 15 is 0 Å². The number of sulfonamides is 1. The first-order valence-electron chi connectivity index (χ1n) is 15.1. The summed E-state index contributed by atoms with van der Waals surface area (Å²) in [5, 5.41) is 13.0. The van der Waals surface area contributed by atoms with Crippen LogP contribution < -0.4 is 24.2 Å². The maximum absolute atomic E-state index is 14.1. The van der Waals surface area contributed by atoms with Crippen LogP contribution in [-0.2, 0) is 14.8 Å². The Labute approximate surface area is 264 Å². The third-order valence-electron chi connectivity index (χ3n) is 7.78. The predicted molar refractivity (Wildman–Crippen MR) is 170 cm³/mol. The van der Waals surface area contributed by atoms with E-state index in [4.69, 9.17) is 18.9 Å². The minimum Gasteiger partial charge on any atom is -0.490 e. The fourth-order valence-corrected chi connectivity index (χ4v) is 5.76. The molecule has 0 radical (unpaired) electrons. The van der Waals surface area contributed by atoms with Gasteiger partial charge < -0.3 is 39.2 Å². The summed E-state index contributed by atoms with van der Waals surface area (Å²) in [7, 11) is -1.92. The number of fused-ring (bicyclic) bond motifs is 2. The van der Waals surface area contributed by atoms with Gasteiger partial charge in [-0.15, -0.1) is 0 Å². The minimum absolute atomic E-state index is 0.133. The zero-order chi connectivity index (χ0) is 32.7. The first-order valence-corrected chi connectivity index (χ1v) is 17.0. The minimum atomic E-state index is -3.59. The molecule has 2 heterocycles. The SMILES string of the molecule is C[C@@H]1CN([C@@H](C)CO)C(=O)c2cc(NS(C)(=O)=O)ccc2O[C@@H](C)CCCCO[C@H]1CN(C)C(=O)Nc1ccc2c(c1)OCO2. The summed E-state index contributed by atoms with van der Waals surface area (Å²) in [6.45, 7) is 6.31. The number of nitrogens with zero attached hydrogens (tertiary/aromatic N) is 2. The standard InChI is InChI=1S/C31H44N4O9S/c1-20-16-35(21(2)18-36)30(37)25-14-24(33-45(5,39)40)10-11-26(25)44-22(3)8-6-7-13-41-29(20)17-34(4)31(38)32-23-9-12-27-28(15-23)43-19-42-27/h9-12,14-15,20-22,29,33,36H,6-8,13,16-19H2,1-5H3,(H,32,38)/t20-,21+,22+,29+/m1/s1. The summed E-state index contributed by atoms with van der Waals surface area (Å²) in [5.74, 6) is 0.826. The Hall–Kier alpha value is -3.75. The number of ether oxygens (including phenoxy) is 4. The molecule has 0 aliphatic carbocycles. The zero-order valence-corrected chi connectivity index (χ0v) is 27.3. The molecule has 4 rings (SSSR count). The lowest BCUT2D eigenvalue weighted by Crippen LogP contribution is -2.48. The molecule has 0 aromatic heterocycles. The monoisotopic (exact) mass is 648 g/mol. The number of urea groups is 1. The number of rotatable bonds is 7. The highest BCUT2D eigenvalue weighted by atomic mass is 32.2. The lowest BCUT2D eigenvalue weighted by Gasteiger charge is -2.35. The highest BCUT2D eigenvalue weighted by Gasteiger charge is 2.31. The molecule has 14 heteroatoms. The van der Waals surface area contributed by atoms with Gasteiger partial charge in [-0.2, -0.15) is 0 Å². The van der Waals surface area contributed by atoms with Crippen LogP contribution in [-0.4, -0.2) is 99.9 Å². The van der Waals surface area contributed by atoms with Crippen molar-refractivity contribution in [1.82, 2.24) is 9.80 Å². The van der Waals surface area contributed by atoms with Crippen LogP contribution in [0.3, 0.4) is 0 Å². The third-order valence-corrected chi connectivity index (χ3v) is 8.39. The molecule has 3 amide bonds. The van der Waals surface area contributed by atoms with Crippen molar-refractivity contribution in [2.45, 2.75) is 58.3 Å². The molecule has 248 valence electrons. The van der Waals surface area contributed by atoms with Crippen LogP contribution in [0.4, 0.5) is 16.2 Å². The van der Waals surface area contributed by atoms with Crippen LogP contribution in [0.15, 0.2) is 36.4 Å². The number of anilines is 2. The second-order valence-corrected chi connectivity index (χ2v) is 13.5. The van der Waals surface area contributed by atoms with Gasteiger partial charge in [-0.1, -0.05) is 6.92 Å². The molecule has 0 saturated carbocycles. The third kappa shape index (κ3) is 9.38. The van der Waals surface area contributed by atoms with Gasteiger partial charge >= 0.3 is 6.03 Å². The van der Waals surface area contributed by atoms with Gasteiger partial charge in [0.2, 0.25) is 16.8 Å². The molecular weight excluding hydrogens is 604 g/mol. The molecule has 4 atom stereocenters. The van der Waals surface area contributed by atoms with Crippen molar-refractivity contribution in [1.29, 1.82) is 0 Å². The molecule has 0 saturated heterocycles. The van der Waals surface area contributed by atoms with Gasteiger partial charge in [0.15, 0.2) is 11.5 Å². The van der Waals surface area contributed by atoms with E-state index in [1.807, 2.05) is 13.8 Å². The van der Waals surface area contributed by atoms with Crippen molar-refractivity contribution in [3.05, 3.63) is 42.0 Å². The van der Waals surface area contributed by atoms with Crippen LogP contribution in [0, 0.1) is 5.92 Å². The Balaban J connectivity index is 1.57. The molecule has 2 aromatic carbocycles. The van der Waals surface area contributed by atoms with Crippen molar-refractivity contribution in [2.24, 2.45) is 5.92 Å². The van der Waals surface area contributed by atoms with Gasteiger partial charge in [-0.05, 0) is 63.4 Å². The lowest BCUT2D eigenvalue weighted by molar-refractivity contribution is -0.0115. The molecular formula is C31H44N4O9S. The normalized spacial score (nSPS) is 21.6. The van der Waals surface area contributed by atoms with E-state index in [2.05, 4.69) is 10.0 Å². The van der Waals surface area contributed by atoms with Crippen LogP contribution >= 0.6 is 0 Å². The van der Waals surface area contributed by atoms with E-state index in [0.717, 1.165) is 19.1 Å². The van der Waals surface area contributed by atoms with Crippen molar-refractivity contribution < 1.29 is 42.1 Å². The Kier molecular flexibility index (Phi) is 11.4. The summed E-state index contributed by atoms with van der Waals surface area (Å²) in [6, 6.07) is 8.87. The Morgan fingerprint density at radius 3 is 2.53 bits per heavy atom. The van der Waals surface area contributed by atoms with E-state index in [1.165, 1.54) is 15.9 Å². The lowest BCUT2D eigenvalue weighted by atomic mass is 10.0. The number of hydrogen-bond acceptors (Lipinski definition) is 9. The van der Waals surface area contributed by atoms with E-state index in [-0.39, 0.29) is 55.8 Å². The molecule has 2 aliphatic heterocycles. The van der Waals surface area contributed by atoms with Crippen molar-refractivity contribution in [3.8, 4) is 17.2 Å². The molecule has 45 heavy (non-hydrogen) atoms. The molecule has 0 spiro atoms. The maximum atomic E-state index is 14.1. The second-order valence-electron chi connectivity index (χ2n) is 11.8. The second kappa shape index (κ2) is 15.0. The van der Waals surface area contributed by atoms with E-state index in [1.54, 1.807) is 44.3 Å². The van der Waals surface area contributed by atoms with Crippen LogP contribution in [0.1, 0.15) is 50.4 Å². The fourth-order valence-electron chi connectivity index (χ4n) is 5.21. The summed E-state index contributed by atoms with van der Waals surface area (Å²) in [5.41, 5.74) is 0.963. The molecule has 0 unspecified atom stereocenters. The molecule has 0 bridgehead atoms.